The minimum Gasteiger partial charge on any atom is -0.481 e. The Kier molecular flexibility index (Phi) is 4.52. The van der Waals surface area contributed by atoms with E-state index in [1.54, 1.807) is 14.0 Å². The molecule has 0 heterocycles. The van der Waals surface area contributed by atoms with Crippen molar-refractivity contribution in [1.29, 1.82) is 0 Å². The molecule has 136 valence electrons. The smallest absolute Gasteiger partial charge is 0.317 e. The number of carboxylic acids is 1. The van der Waals surface area contributed by atoms with Crippen LogP contribution in [0.25, 0.3) is 0 Å². The molecular formula is C20H28N2O3. The quantitative estimate of drug-likeness (QED) is 0.876. The lowest BCUT2D eigenvalue weighted by molar-refractivity contribution is -0.141. The molecule has 0 aliphatic heterocycles. The second-order valence-corrected chi connectivity index (χ2v) is 8.29. The maximum atomic E-state index is 12.5. The molecule has 0 saturated heterocycles. The van der Waals surface area contributed by atoms with Crippen molar-refractivity contribution in [2.75, 3.05) is 13.6 Å². The Hall–Kier alpha value is -2.04. The Morgan fingerprint density at radius 1 is 1.40 bits per heavy atom. The number of urea groups is 1. The molecule has 3 atom stereocenters. The number of amides is 2. The summed E-state index contributed by atoms with van der Waals surface area (Å²) >= 11 is 0. The predicted molar refractivity (Wildman–Crippen MR) is 96.8 cm³/mol. The average molecular weight is 344 g/mol. The minimum atomic E-state index is -0.885. The zero-order valence-corrected chi connectivity index (χ0v) is 15.5. The molecule has 0 spiro atoms. The van der Waals surface area contributed by atoms with Crippen molar-refractivity contribution >= 4 is 12.0 Å². The minimum absolute atomic E-state index is 0.0175. The lowest BCUT2D eigenvalue weighted by Crippen LogP contribution is -2.41. The SMILES string of the molecule is CC(CN(C)C(=O)NC1CC2CCC(C)(C)c3cccc1c32)C(=O)O. The van der Waals surface area contributed by atoms with Gasteiger partial charge in [-0.3, -0.25) is 4.79 Å². The Labute approximate surface area is 149 Å². The topological polar surface area (TPSA) is 69.6 Å². The number of nitrogens with one attached hydrogen (secondary N) is 1. The van der Waals surface area contributed by atoms with Crippen molar-refractivity contribution < 1.29 is 14.7 Å². The van der Waals surface area contributed by atoms with E-state index in [1.165, 1.54) is 28.0 Å². The van der Waals surface area contributed by atoms with E-state index >= 15 is 0 Å². The number of rotatable bonds is 4. The Morgan fingerprint density at radius 3 is 2.80 bits per heavy atom. The first-order chi connectivity index (χ1) is 11.7. The lowest BCUT2D eigenvalue weighted by Gasteiger charge is -2.35. The zero-order valence-electron chi connectivity index (χ0n) is 15.5. The third-order valence-corrected chi connectivity index (χ3v) is 5.90. The van der Waals surface area contributed by atoms with Crippen LogP contribution in [0.3, 0.4) is 0 Å². The van der Waals surface area contributed by atoms with Gasteiger partial charge in [0.2, 0.25) is 0 Å². The van der Waals surface area contributed by atoms with E-state index in [4.69, 9.17) is 5.11 Å². The normalized spacial score (nSPS) is 24.3. The number of hydrogen-bond donors (Lipinski definition) is 2. The number of carbonyl (C=O) groups is 2. The average Bonchev–Trinajstić information content (AvgIpc) is 2.90. The highest BCUT2D eigenvalue weighted by molar-refractivity contribution is 5.76. The molecule has 2 aliphatic carbocycles. The highest BCUT2D eigenvalue weighted by Crippen LogP contribution is 2.52. The van der Waals surface area contributed by atoms with Gasteiger partial charge in [0.15, 0.2) is 0 Å². The summed E-state index contributed by atoms with van der Waals surface area (Å²) < 4.78 is 0. The summed E-state index contributed by atoms with van der Waals surface area (Å²) in [6.45, 7) is 6.42. The van der Waals surface area contributed by atoms with Gasteiger partial charge < -0.3 is 15.3 Å². The van der Waals surface area contributed by atoms with Crippen LogP contribution < -0.4 is 5.32 Å². The molecule has 0 bridgehead atoms. The Morgan fingerprint density at radius 2 is 2.12 bits per heavy atom. The second kappa shape index (κ2) is 6.36. The van der Waals surface area contributed by atoms with Crippen LogP contribution in [-0.2, 0) is 10.2 Å². The van der Waals surface area contributed by atoms with Gasteiger partial charge in [0.05, 0.1) is 12.0 Å². The monoisotopic (exact) mass is 344 g/mol. The van der Waals surface area contributed by atoms with Gasteiger partial charge >= 0.3 is 12.0 Å². The molecule has 2 amide bonds. The van der Waals surface area contributed by atoms with Crippen molar-refractivity contribution in [2.24, 2.45) is 5.92 Å². The van der Waals surface area contributed by atoms with E-state index in [0.717, 1.165) is 12.8 Å². The van der Waals surface area contributed by atoms with Crippen LogP contribution >= 0.6 is 0 Å². The fraction of sp³-hybridized carbons (Fsp3) is 0.600. The van der Waals surface area contributed by atoms with Gasteiger partial charge in [0.1, 0.15) is 0 Å². The third kappa shape index (κ3) is 3.24. The van der Waals surface area contributed by atoms with E-state index in [1.807, 2.05) is 0 Å². The fourth-order valence-electron chi connectivity index (χ4n) is 4.36. The van der Waals surface area contributed by atoms with Crippen LogP contribution in [0.2, 0.25) is 0 Å². The molecule has 0 fully saturated rings. The van der Waals surface area contributed by atoms with Crippen molar-refractivity contribution in [3.05, 3.63) is 34.9 Å². The highest BCUT2D eigenvalue weighted by Gasteiger charge is 2.41. The van der Waals surface area contributed by atoms with Gasteiger partial charge in [0.25, 0.3) is 0 Å². The molecular weight excluding hydrogens is 316 g/mol. The summed E-state index contributed by atoms with van der Waals surface area (Å²) in [7, 11) is 1.65. The van der Waals surface area contributed by atoms with Gasteiger partial charge in [-0.25, -0.2) is 4.79 Å². The maximum Gasteiger partial charge on any atom is 0.317 e. The molecule has 5 heteroatoms. The summed E-state index contributed by atoms with van der Waals surface area (Å²) in [6, 6.07) is 6.28. The fourth-order valence-corrected chi connectivity index (χ4v) is 4.36. The second-order valence-electron chi connectivity index (χ2n) is 8.29. The molecule has 1 aromatic carbocycles. The van der Waals surface area contributed by atoms with E-state index in [9.17, 15) is 9.59 Å². The van der Waals surface area contributed by atoms with Crippen LogP contribution in [-0.4, -0.2) is 35.6 Å². The number of hydrogen-bond acceptors (Lipinski definition) is 2. The van der Waals surface area contributed by atoms with E-state index in [-0.39, 0.29) is 24.0 Å². The highest BCUT2D eigenvalue weighted by atomic mass is 16.4. The number of benzene rings is 1. The predicted octanol–water partition coefficient (Wildman–Crippen LogP) is 3.65. The van der Waals surface area contributed by atoms with Crippen molar-refractivity contribution in [3.8, 4) is 0 Å². The van der Waals surface area contributed by atoms with Gasteiger partial charge in [-0.05, 0) is 47.3 Å². The van der Waals surface area contributed by atoms with Gasteiger partial charge in [-0.15, -0.1) is 0 Å². The van der Waals surface area contributed by atoms with Gasteiger partial charge in [-0.1, -0.05) is 39.0 Å². The van der Waals surface area contributed by atoms with Crippen LogP contribution in [0.1, 0.15) is 68.7 Å². The van der Waals surface area contributed by atoms with E-state index in [2.05, 4.69) is 37.4 Å². The first kappa shape index (κ1) is 17.8. The van der Waals surface area contributed by atoms with Crippen molar-refractivity contribution in [2.45, 2.75) is 57.4 Å². The van der Waals surface area contributed by atoms with Gasteiger partial charge in [0, 0.05) is 13.6 Å². The zero-order chi connectivity index (χ0) is 18.4. The third-order valence-electron chi connectivity index (χ3n) is 5.90. The van der Waals surface area contributed by atoms with Crippen LogP contribution in [0.15, 0.2) is 18.2 Å². The summed E-state index contributed by atoms with van der Waals surface area (Å²) in [4.78, 5) is 25.0. The first-order valence-electron chi connectivity index (χ1n) is 9.08. The molecule has 3 unspecified atom stereocenters. The number of nitrogens with zero attached hydrogens (tertiary/aromatic N) is 1. The molecule has 2 aliphatic rings. The van der Waals surface area contributed by atoms with E-state index in [0.29, 0.717) is 5.92 Å². The number of carbonyl (C=O) groups excluding carboxylic acids is 1. The number of aliphatic carboxylic acids is 1. The molecule has 0 saturated carbocycles. The summed E-state index contributed by atoms with van der Waals surface area (Å²) in [5.74, 6) is -0.940. The molecule has 2 N–H and O–H groups in total. The molecule has 25 heavy (non-hydrogen) atoms. The molecule has 0 radical (unpaired) electrons. The lowest BCUT2D eigenvalue weighted by atomic mass is 9.69. The summed E-state index contributed by atoms with van der Waals surface area (Å²) in [5.41, 5.74) is 4.29. The Balaban J connectivity index is 1.76. The van der Waals surface area contributed by atoms with Crippen molar-refractivity contribution in [3.63, 3.8) is 0 Å². The first-order valence-corrected chi connectivity index (χ1v) is 9.08. The van der Waals surface area contributed by atoms with Crippen molar-refractivity contribution in [1.82, 2.24) is 10.2 Å². The summed E-state index contributed by atoms with van der Waals surface area (Å²) in [6.07, 6.45) is 3.27. The number of carboxylic acid groups (broad SMARTS) is 1. The summed E-state index contributed by atoms with van der Waals surface area (Å²) in [5, 5.41) is 12.1. The van der Waals surface area contributed by atoms with Crippen LogP contribution in [0.5, 0.6) is 0 Å². The van der Waals surface area contributed by atoms with E-state index < -0.39 is 11.9 Å². The molecule has 0 aromatic heterocycles. The molecule has 3 rings (SSSR count). The maximum absolute atomic E-state index is 12.5. The van der Waals surface area contributed by atoms with Crippen LogP contribution in [0, 0.1) is 5.92 Å². The van der Waals surface area contributed by atoms with Crippen LogP contribution in [0.4, 0.5) is 4.79 Å². The Bertz CT molecular complexity index is 698. The molecule has 5 nitrogen and oxygen atoms in total. The van der Waals surface area contributed by atoms with Gasteiger partial charge in [-0.2, -0.15) is 0 Å². The molecule has 1 aromatic rings. The largest absolute Gasteiger partial charge is 0.481 e. The standard InChI is InChI=1S/C20H28N2O3/c1-12(18(23)24)11-22(4)19(25)21-16-10-13-8-9-20(2,3)15-7-5-6-14(16)17(13)15/h5-7,12-13,16H,8-11H2,1-4H3,(H,21,25)(H,23,24).